The van der Waals surface area contributed by atoms with Crippen molar-refractivity contribution in [3.63, 3.8) is 0 Å². The lowest BCUT2D eigenvalue weighted by molar-refractivity contribution is -0.113. The lowest BCUT2D eigenvalue weighted by Crippen LogP contribution is -2.17. The summed E-state index contributed by atoms with van der Waals surface area (Å²) >= 11 is 8.30. The van der Waals surface area contributed by atoms with Gasteiger partial charge in [0, 0.05) is 21.5 Å². The lowest BCUT2D eigenvalue weighted by atomic mass is 10.1. The maximum Gasteiger partial charge on any atom is 0.270 e. The molecular formula is C23H16ClN5O2S2. The number of H-pyrrole nitrogens is 1. The van der Waals surface area contributed by atoms with Gasteiger partial charge in [0.05, 0.1) is 17.1 Å². The van der Waals surface area contributed by atoms with E-state index in [1.54, 1.807) is 24.3 Å². The Hall–Kier alpha value is -3.45. The van der Waals surface area contributed by atoms with Gasteiger partial charge in [0.15, 0.2) is 10.3 Å². The minimum atomic E-state index is -0.543. The Labute approximate surface area is 202 Å². The highest BCUT2D eigenvalue weighted by Gasteiger charge is 2.15. The third kappa shape index (κ3) is 5.49. The molecule has 33 heavy (non-hydrogen) atoms. The Morgan fingerprint density at radius 1 is 1.15 bits per heavy atom. The van der Waals surface area contributed by atoms with Crippen molar-refractivity contribution in [2.24, 2.45) is 0 Å². The van der Waals surface area contributed by atoms with Gasteiger partial charge in [-0.25, -0.2) is 9.97 Å². The highest BCUT2D eigenvalue weighted by Crippen LogP contribution is 2.27. The number of nitriles is 1. The van der Waals surface area contributed by atoms with Gasteiger partial charge in [0.2, 0.25) is 5.91 Å². The van der Waals surface area contributed by atoms with E-state index in [4.69, 9.17) is 11.6 Å². The maximum atomic E-state index is 12.4. The van der Waals surface area contributed by atoms with Crippen LogP contribution in [0.25, 0.3) is 22.5 Å². The molecule has 0 bridgehead atoms. The molecule has 2 N–H and O–H groups in total. The number of aromatic nitrogens is 3. The molecule has 7 nitrogen and oxygen atoms in total. The molecule has 0 saturated carbocycles. The summed E-state index contributed by atoms with van der Waals surface area (Å²) < 4.78 is 0. The number of hydrogen-bond acceptors (Lipinski definition) is 7. The molecule has 0 aliphatic heterocycles. The van der Waals surface area contributed by atoms with E-state index in [1.807, 2.05) is 42.6 Å². The van der Waals surface area contributed by atoms with Crippen LogP contribution in [0.2, 0.25) is 5.02 Å². The summed E-state index contributed by atoms with van der Waals surface area (Å²) in [5.74, 6) is -0.279. The first-order valence-electron chi connectivity index (χ1n) is 9.68. The second-order valence-electron chi connectivity index (χ2n) is 6.95. The molecule has 0 aliphatic rings. The zero-order valence-electron chi connectivity index (χ0n) is 17.3. The van der Waals surface area contributed by atoms with Crippen molar-refractivity contribution in [2.75, 3.05) is 11.1 Å². The molecule has 2 aromatic carbocycles. The van der Waals surface area contributed by atoms with E-state index in [1.165, 1.54) is 11.3 Å². The van der Waals surface area contributed by atoms with Crippen molar-refractivity contribution >= 4 is 45.7 Å². The van der Waals surface area contributed by atoms with Crippen LogP contribution in [0.3, 0.4) is 0 Å². The van der Waals surface area contributed by atoms with Gasteiger partial charge in [-0.15, -0.1) is 11.3 Å². The number of carbonyl (C=O) groups excluding carboxylic acids is 1. The number of halogens is 1. The summed E-state index contributed by atoms with van der Waals surface area (Å²) in [6.45, 7) is 1.95. The quantitative estimate of drug-likeness (QED) is 0.284. The molecule has 2 heterocycles. The zero-order chi connectivity index (χ0) is 23.4. The van der Waals surface area contributed by atoms with Crippen LogP contribution in [0.5, 0.6) is 0 Å². The molecule has 164 valence electrons. The summed E-state index contributed by atoms with van der Waals surface area (Å²) in [4.78, 5) is 36.2. The van der Waals surface area contributed by atoms with Crippen LogP contribution in [0, 0.1) is 18.3 Å². The molecule has 0 unspecified atom stereocenters. The summed E-state index contributed by atoms with van der Waals surface area (Å²) in [7, 11) is 0. The SMILES string of the molecule is Cc1ccc(-c2nc(SCC(=O)Nc3nc(-c4ccc(Cl)cc4)cs3)[nH]c(=O)c2C#N)cc1. The highest BCUT2D eigenvalue weighted by atomic mass is 35.5. The third-order valence-electron chi connectivity index (χ3n) is 4.56. The van der Waals surface area contributed by atoms with Crippen LogP contribution in [-0.2, 0) is 4.79 Å². The number of benzene rings is 2. The first-order chi connectivity index (χ1) is 15.9. The second kappa shape index (κ2) is 10.0. The summed E-state index contributed by atoms with van der Waals surface area (Å²) in [5, 5.41) is 15.4. The van der Waals surface area contributed by atoms with Gasteiger partial charge >= 0.3 is 0 Å². The third-order valence-corrected chi connectivity index (χ3v) is 6.45. The van der Waals surface area contributed by atoms with Crippen molar-refractivity contribution in [2.45, 2.75) is 12.1 Å². The first-order valence-corrected chi connectivity index (χ1v) is 11.9. The fraction of sp³-hybridized carbons (Fsp3) is 0.0870. The van der Waals surface area contributed by atoms with Crippen LogP contribution in [0.15, 0.2) is 63.9 Å². The Morgan fingerprint density at radius 2 is 1.85 bits per heavy atom. The number of amides is 1. The van der Waals surface area contributed by atoms with Gasteiger partial charge in [0.1, 0.15) is 11.6 Å². The summed E-state index contributed by atoms with van der Waals surface area (Å²) in [6.07, 6.45) is 0. The van der Waals surface area contributed by atoms with Crippen molar-refractivity contribution < 1.29 is 4.79 Å². The fourth-order valence-corrected chi connectivity index (χ4v) is 4.44. The van der Waals surface area contributed by atoms with Crippen molar-refractivity contribution in [1.82, 2.24) is 15.0 Å². The van der Waals surface area contributed by atoms with Gasteiger partial charge in [-0.05, 0) is 19.1 Å². The number of rotatable bonds is 6. The van der Waals surface area contributed by atoms with Crippen LogP contribution >= 0.6 is 34.7 Å². The maximum absolute atomic E-state index is 12.4. The number of nitrogens with one attached hydrogen (secondary N) is 2. The predicted molar refractivity (Wildman–Crippen MR) is 132 cm³/mol. The van der Waals surface area contributed by atoms with E-state index in [0.29, 0.717) is 15.7 Å². The molecule has 0 atom stereocenters. The van der Waals surface area contributed by atoms with E-state index in [0.717, 1.165) is 28.6 Å². The second-order valence-corrected chi connectivity index (χ2v) is 9.21. The molecule has 0 fully saturated rings. The highest BCUT2D eigenvalue weighted by molar-refractivity contribution is 7.99. The minimum absolute atomic E-state index is 0.0119. The predicted octanol–water partition coefficient (Wildman–Crippen LogP) is 5.12. The van der Waals surface area contributed by atoms with Gasteiger partial charge in [-0.3, -0.25) is 9.59 Å². The molecule has 4 aromatic rings. The molecule has 10 heteroatoms. The molecule has 0 aliphatic carbocycles. The smallest absolute Gasteiger partial charge is 0.270 e. The Morgan fingerprint density at radius 3 is 2.55 bits per heavy atom. The molecule has 1 amide bonds. The first kappa shape index (κ1) is 22.7. The van der Waals surface area contributed by atoms with Crippen LogP contribution in [-0.4, -0.2) is 26.6 Å². The topological polar surface area (TPSA) is 112 Å². The molecular weight excluding hydrogens is 478 g/mol. The van der Waals surface area contributed by atoms with Crippen LogP contribution < -0.4 is 10.9 Å². The number of hydrogen-bond donors (Lipinski definition) is 2. The summed E-state index contributed by atoms with van der Waals surface area (Å²) in [5.41, 5.74) is 3.02. The van der Waals surface area contributed by atoms with Crippen LogP contribution in [0.4, 0.5) is 5.13 Å². The number of thioether (sulfide) groups is 1. The van der Waals surface area contributed by atoms with E-state index < -0.39 is 5.56 Å². The van der Waals surface area contributed by atoms with Crippen LogP contribution in [0.1, 0.15) is 11.1 Å². The number of carbonyl (C=O) groups is 1. The number of thiazole rings is 1. The lowest BCUT2D eigenvalue weighted by Gasteiger charge is -2.07. The molecule has 0 saturated heterocycles. The average molecular weight is 494 g/mol. The normalized spacial score (nSPS) is 10.6. The Balaban J connectivity index is 1.45. The minimum Gasteiger partial charge on any atom is -0.301 e. The van der Waals surface area contributed by atoms with Gasteiger partial charge in [-0.1, -0.05) is 65.3 Å². The molecule has 0 radical (unpaired) electrons. The van der Waals surface area contributed by atoms with Gasteiger partial charge in [0.25, 0.3) is 5.56 Å². The van der Waals surface area contributed by atoms with E-state index in [-0.39, 0.29) is 28.1 Å². The fourth-order valence-electron chi connectivity index (χ4n) is 2.92. The van der Waals surface area contributed by atoms with Gasteiger partial charge in [-0.2, -0.15) is 5.26 Å². The van der Waals surface area contributed by atoms with Crippen molar-refractivity contribution in [3.8, 4) is 28.6 Å². The largest absolute Gasteiger partial charge is 0.301 e. The summed E-state index contributed by atoms with van der Waals surface area (Å²) in [6, 6.07) is 16.6. The monoisotopic (exact) mass is 493 g/mol. The number of nitrogens with zero attached hydrogens (tertiary/aromatic N) is 3. The standard InChI is InChI=1S/C23H16ClN5O2S2/c1-13-2-4-15(5-3-13)20-17(10-25)21(31)29-23(28-20)33-12-19(30)27-22-26-18(11-32-22)14-6-8-16(24)9-7-14/h2-9,11H,12H2,1H3,(H,26,27,30)(H,28,29,31). The molecule has 0 spiro atoms. The van der Waals surface area contributed by atoms with Crippen molar-refractivity contribution in [3.05, 3.63) is 80.4 Å². The van der Waals surface area contributed by atoms with Crippen molar-refractivity contribution in [1.29, 1.82) is 5.26 Å². The van der Waals surface area contributed by atoms with E-state index in [2.05, 4.69) is 20.3 Å². The molecule has 4 rings (SSSR count). The van der Waals surface area contributed by atoms with E-state index >= 15 is 0 Å². The zero-order valence-corrected chi connectivity index (χ0v) is 19.6. The average Bonchev–Trinajstić information content (AvgIpc) is 3.26. The van der Waals surface area contributed by atoms with Gasteiger partial charge < -0.3 is 10.3 Å². The number of aromatic amines is 1. The Kier molecular flexibility index (Phi) is 6.89. The number of anilines is 1. The van der Waals surface area contributed by atoms with E-state index in [9.17, 15) is 14.9 Å². The molecule has 2 aromatic heterocycles. The number of aryl methyl sites for hydroxylation is 1. The Bertz CT molecular complexity index is 1410.